The minimum atomic E-state index is -1.88. The molecule has 0 radical (unpaired) electrons. The molecule has 3 heterocycles. The highest BCUT2D eigenvalue weighted by Gasteiger charge is 2.52. The predicted octanol–water partition coefficient (Wildman–Crippen LogP) is 2.91. The normalized spacial score (nSPS) is 22.1. The van der Waals surface area contributed by atoms with Gasteiger partial charge < -0.3 is 24.6 Å². The Morgan fingerprint density at radius 2 is 1.68 bits per heavy atom. The fourth-order valence-electron chi connectivity index (χ4n) is 5.04. The number of nitrogens with zero attached hydrogens (tertiary/aromatic N) is 3. The molecule has 0 unspecified atom stereocenters. The molecule has 0 saturated carbocycles. The van der Waals surface area contributed by atoms with Crippen molar-refractivity contribution in [3.8, 4) is 0 Å². The van der Waals surface area contributed by atoms with E-state index in [1.54, 1.807) is 37.3 Å². The Bertz CT molecular complexity index is 1260. The molecule has 10 heteroatoms. The Balaban J connectivity index is 1.52. The van der Waals surface area contributed by atoms with Crippen LogP contribution in [-0.2, 0) is 26.4 Å². The summed E-state index contributed by atoms with van der Waals surface area (Å²) in [6.07, 6.45) is 2.97. The molecule has 2 saturated heterocycles. The lowest BCUT2D eigenvalue weighted by Gasteiger charge is -2.28. The molecule has 0 bridgehead atoms. The van der Waals surface area contributed by atoms with E-state index in [1.807, 2.05) is 24.3 Å². The number of benzene rings is 2. The van der Waals surface area contributed by atoms with E-state index >= 15 is 0 Å². The Hall–Kier alpha value is -3.89. The van der Waals surface area contributed by atoms with Crippen molar-refractivity contribution in [2.45, 2.75) is 25.5 Å². The van der Waals surface area contributed by atoms with Gasteiger partial charge in [-0.05, 0) is 42.3 Å². The van der Waals surface area contributed by atoms with Gasteiger partial charge >= 0.3 is 12.2 Å². The van der Waals surface area contributed by atoms with Crippen LogP contribution in [0.25, 0.3) is 0 Å². The predicted molar refractivity (Wildman–Crippen MR) is 135 cm³/mol. The highest BCUT2D eigenvalue weighted by atomic mass is 16.6. The zero-order valence-electron chi connectivity index (χ0n) is 20.5. The van der Waals surface area contributed by atoms with Gasteiger partial charge in [0.15, 0.2) is 5.60 Å². The first kappa shape index (κ1) is 24.8. The molecule has 2 atom stereocenters. The van der Waals surface area contributed by atoms with Crippen molar-refractivity contribution < 1.29 is 34.1 Å². The first-order valence-corrected chi connectivity index (χ1v) is 12.3. The molecule has 2 aromatic rings. The van der Waals surface area contributed by atoms with Gasteiger partial charge in [-0.1, -0.05) is 31.2 Å². The topological polar surface area (TPSA) is 120 Å². The van der Waals surface area contributed by atoms with Crippen molar-refractivity contribution in [1.82, 2.24) is 0 Å². The molecule has 0 aliphatic carbocycles. The van der Waals surface area contributed by atoms with Gasteiger partial charge in [-0.25, -0.2) is 9.59 Å². The van der Waals surface area contributed by atoms with Crippen LogP contribution >= 0.6 is 0 Å². The number of fused-ring (bicyclic) bond motifs is 1. The zero-order chi connectivity index (χ0) is 26.2. The number of ether oxygens (including phenoxy) is 2. The molecule has 3 aliphatic rings. The number of hydrogen-bond donors (Lipinski definition) is 2. The van der Waals surface area contributed by atoms with Crippen LogP contribution in [-0.4, -0.2) is 61.2 Å². The van der Waals surface area contributed by atoms with E-state index in [2.05, 4.69) is 0 Å². The molecule has 3 aliphatic heterocycles. The lowest BCUT2D eigenvalue weighted by atomic mass is 9.82. The third-order valence-electron chi connectivity index (χ3n) is 7.03. The standard InChI is InChI=1S/C27H29N3O7/c1-18(5-2-3-12-31)27(35)22-16-21(29-11-14-37-26(29)34)8-9-23(22)30(24(27)32)17-19-6-4-7-20(15-19)28-10-13-36-25(28)33/h2,4-9,15-16,18,31,35H,3,10-14,17H2,1H3/b5-2+/t18-,27+/m1/s1. The summed E-state index contributed by atoms with van der Waals surface area (Å²) < 4.78 is 10.1. The highest BCUT2D eigenvalue weighted by molar-refractivity contribution is 6.08. The summed E-state index contributed by atoms with van der Waals surface area (Å²) in [6, 6.07) is 12.4. The van der Waals surface area contributed by atoms with Gasteiger partial charge in [-0.3, -0.25) is 14.6 Å². The van der Waals surface area contributed by atoms with E-state index in [1.165, 1.54) is 14.7 Å². The number of aliphatic hydroxyl groups excluding tert-OH is 1. The second kappa shape index (κ2) is 9.87. The molecule has 194 valence electrons. The van der Waals surface area contributed by atoms with Crippen LogP contribution < -0.4 is 14.7 Å². The van der Waals surface area contributed by atoms with Crippen molar-refractivity contribution in [3.63, 3.8) is 0 Å². The van der Waals surface area contributed by atoms with Crippen LogP contribution in [0, 0.1) is 5.92 Å². The maximum Gasteiger partial charge on any atom is 0.414 e. The Kier molecular flexibility index (Phi) is 6.61. The number of carbonyl (C=O) groups is 3. The summed E-state index contributed by atoms with van der Waals surface area (Å²) in [5, 5.41) is 21.1. The van der Waals surface area contributed by atoms with Crippen molar-refractivity contribution in [3.05, 3.63) is 65.7 Å². The largest absolute Gasteiger partial charge is 0.447 e. The molecule has 0 aromatic heterocycles. The van der Waals surface area contributed by atoms with Gasteiger partial charge in [0.25, 0.3) is 5.91 Å². The van der Waals surface area contributed by atoms with E-state index in [-0.39, 0.29) is 19.8 Å². The monoisotopic (exact) mass is 507 g/mol. The number of hydrogen-bond acceptors (Lipinski definition) is 7. The van der Waals surface area contributed by atoms with Crippen LogP contribution in [0.3, 0.4) is 0 Å². The summed E-state index contributed by atoms with van der Waals surface area (Å²) in [6.45, 7) is 3.30. The lowest BCUT2D eigenvalue weighted by Crippen LogP contribution is -2.44. The van der Waals surface area contributed by atoms with E-state index < -0.39 is 29.6 Å². The molecule has 5 rings (SSSR count). The van der Waals surface area contributed by atoms with Crippen molar-refractivity contribution >= 4 is 35.2 Å². The summed E-state index contributed by atoms with van der Waals surface area (Å²) in [5.74, 6) is -1.10. The van der Waals surface area contributed by atoms with Crippen LogP contribution in [0.15, 0.2) is 54.6 Å². The van der Waals surface area contributed by atoms with E-state index in [9.17, 15) is 19.5 Å². The maximum absolute atomic E-state index is 13.9. The van der Waals surface area contributed by atoms with Crippen LogP contribution in [0.5, 0.6) is 0 Å². The van der Waals surface area contributed by atoms with Crippen LogP contribution in [0.2, 0.25) is 0 Å². The molecule has 3 amide bonds. The minimum absolute atomic E-state index is 0.0412. The van der Waals surface area contributed by atoms with E-state index in [4.69, 9.17) is 14.6 Å². The van der Waals surface area contributed by atoms with Gasteiger partial charge in [0.2, 0.25) is 0 Å². The molecule has 37 heavy (non-hydrogen) atoms. The molecule has 2 aromatic carbocycles. The smallest absolute Gasteiger partial charge is 0.414 e. The Labute approximate surface area is 214 Å². The van der Waals surface area contributed by atoms with Crippen molar-refractivity contribution in [1.29, 1.82) is 0 Å². The quantitative estimate of drug-likeness (QED) is 0.527. The van der Waals surface area contributed by atoms with E-state index in [0.29, 0.717) is 48.7 Å². The summed E-state index contributed by atoms with van der Waals surface area (Å²) >= 11 is 0. The highest BCUT2D eigenvalue weighted by Crippen LogP contribution is 2.47. The maximum atomic E-state index is 13.9. The minimum Gasteiger partial charge on any atom is -0.447 e. The van der Waals surface area contributed by atoms with Crippen molar-refractivity contribution in [2.75, 3.05) is 47.6 Å². The summed E-state index contributed by atoms with van der Waals surface area (Å²) in [4.78, 5) is 42.6. The molecule has 10 nitrogen and oxygen atoms in total. The van der Waals surface area contributed by atoms with Crippen molar-refractivity contribution in [2.24, 2.45) is 5.92 Å². The zero-order valence-corrected chi connectivity index (χ0v) is 20.5. The van der Waals surface area contributed by atoms with E-state index in [0.717, 1.165) is 5.56 Å². The third-order valence-corrected chi connectivity index (χ3v) is 7.03. The summed E-state index contributed by atoms with van der Waals surface area (Å²) in [5.41, 5.74) is 1.04. The van der Waals surface area contributed by atoms with Gasteiger partial charge in [-0.2, -0.15) is 0 Å². The first-order chi connectivity index (χ1) is 17.8. The molecule has 0 spiro atoms. The number of rotatable bonds is 8. The average molecular weight is 508 g/mol. The molecule has 2 fully saturated rings. The number of aliphatic hydroxyl groups is 2. The van der Waals surface area contributed by atoms with Gasteiger partial charge in [-0.15, -0.1) is 0 Å². The second-order valence-corrected chi connectivity index (χ2v) is 9.29. The summed E-state index contributed by atoms with van der Waals surface area (Å²) in [7, 11) is 0. The fourth-order valence-corrected chi connectivity index (χ4v) is 5.04. The third kappa shape index (κ3) is 4.32. The van der Waals surface area contributed by atoms with Crippen LogP contribution in [0.1, 0.15) is 24.5 Å². The van der Waals surface area contributed by atoms with Gasteiger partial charge in [0.05, 0.1) is 25.3 Å². The number of carbonyl (C=O) groups excluding carboxylic acids is 3. The number of anilines is 3. The first-order valence-electron chi connectivity index (χ1n) is 12.3. The van der Waals surface area contributed by atoms with Gasteiger partial charge in [0, 0.05) is 29.5 Å². The molecular formula is C27H29N3O7. The molecular weight excluding hydrogens is 478 g/mol. The lowest BCUT2D eigenvalue weighted by molar-refractivity contribution is -0.139. The molecule has 2 N–H and O–H groups in total. The van der Waals surface area contributed by atoms with Gasteiger partial charge in [0.1, 0.15) is 13.2 Å². The Morgan fingerprint density at radius 1 is 1.00 bits per heavy atom. The fraction of sp³-hybridized carbons (Fsp3) is 0.370. The van der Waals surface area contributed by atoms with Crippen LogP contribution in [0.4, 0.5) is 26.7 Å². The average Bonchev–Trinajstić information content (AvgIpc) is 3.58. The Morgan fingerprint density at radius 3 is 2.30 bits per heavy atom. The second-order valence-electron chi connectivity index (χ2n) is 9.29. The number of amides is 3. The number of cyclic esters (lactones) is 2. The SMILES string of the molecule is C[C@H](/C=C/CCO)[C@@]1(O)C(=O)N(Cc2cccc(N3CCOC3=O)c2)c2ccc(N3CCOC3=O)cc21.